The molecule has 4 N–H and O–H groups in total. The smallest absolute Gasteiger partial charge is 0.476 e. The molecule has 0 saturated heterocycles. The van der Waals surface area contributed by atoms with E-state index in [1.165, 1.54) is 0 Å². The minimum Gasteiger partial charge on any atom is -0.476 e. The van der Waals surface area contributed by atoms with Crippen molar-refractivity contribution in [3.8, 4) is 17.5 Å². The molecular formula is C13H14N4O4. The normalized spacial score (nSPS) is 9.95. The van der Waals surface area contributed by atoms with Crippen molar-refractivity contribution >= 4 is 17.8 Å². The van der Waals surface area contributed by atoms with E-state index in [0.717, 1.165) is 0 Å². The molecule has 0 aliphatic heterocycles. The van der Waals surface area contributed by atoms with Gasteiger partial charge in [0.1, 0.15) is 5.75 Å². The Hall–Kier alpha value is -3.03. The van der Waals surface area contributed by atoms with Gasteiger partial charge in [-0.05, 0) is 19.1 Å². The second-order valence-corrected chi connectivity index (χ2v) is 3.81. The van der Waals surface area contributed by atoms with Crippen molar-refractivity contribution < 1.29 is 19.0 Å². The van der Waals surface area contributed by atoms with Crippen molar-refractivity contribution in [3.05, 3.63) is 30.3 Å². The van der Waals surface area contributed by atoms with Gasteiger partial charge in [0.15, 0.2) is 5.69 Å². The van der Waals surface area contributed by atoms with Crippen molar-refractivity contribution in [1.29, 1.82) is 0 Å². The van der Waals surface area contributed by atoms with E-state index in [2.05, 4.69) is 9.97 Å². The first-order valence-corrected chi connectivity index (χ1v) is 6.10. The monoisotopic (exact) mass is 290 g/mol. The Balaban J connectivity index is 2.13. The number of nitrogens with zero attached hydrogens (tertiary/aromatic N) is 2. The van der Waals surface area contributed by atoms with Crippen LogP contribution in [0.15, 0.2) is 30.3 Å². The van der Waals surface area contributed by atoms with Gasteiger partial charge in [0.05, 0.1) is 6.61 Å². The molecule has 0 spiro atoms. The largest absolute Gasteiger partial charge is 0.520 e. The van der Waals surface area contributed by atoms with E-state index in [1.54, 1.807) is 37.3 Å². The Morgan fingerprint density at radius 1 is 1.10 bits per heavy atom. The molecule has 8 heteroatoms. The van der Waals surface area contributed by atoms with Crippen LogP contribution in [0.4, 0.5) is 16.4 Å². The molecule has 1 aromatic heterocycles. The summed E-state index contributed by atoms with van der Waals surface area (Å²) in [6.45, 7) is 2.08. The van der Waals surface area contributed by atoms with Crippen LogP contribution in [-0.4, -0.2) is 22.7 Å². The summed E-state index contributed by atoms with van der Waals surface area (Å²) in [5, 5.41) is 0. The second-order valence-electron chi connectivity index (χ2n) is 3.81. The van der Waals surface area contributed by atoms with Gasteiger partial charge in [0.25, 0.3) is 5.88 Å². The highest BCUT2D eigenvalue weighted by atomic mass is 16.7. The van der Waals surface area contributed by atoms with Crippen LogP contribution in [0.5, 0.6) is 17.5 Å². The van der Waals surface area contributed by atoms with E-state index in [0.29, 0.717) is 12.4 Å². The molecule has 0 saturated carbocycles. The minimum absolute atomic E-state index is 0.0314. The van der Waals surface area contributed by atoms with E-state index in [9.17, 15) is 4.79 Å². The highest BCUT2D eigenvalue weighted by Gasteiger charge is 2.17. The predicted octanol–water partition coefficient (Wildman–Crippen LogP) is 1.62. The highest BCUT2D eigenvalue weighted by molar-refractivity contribution is 5.70. The number of nitrogens with two attached hydrogens (primary N) is 2. The molecule has 0 aliphatic rings. The molecule has 0 atom stereocenters. The third kappa shape index (κ3) is 3.72. The third-order valence-electron chi connectivity index (χ3n) is 2.30. The predicted molar refractivity (Wildman–Crippen MR) is 75.1 cm³/mol. The van der Waals surface area contributed by atoms with Crippen LogP contribution in [-0.2, 0) is 0 Å². The van der Waals surface area contributed by atoms with E-state index in [4.69, 9.17) is 25.7 Å². The van der Waals surface area contributed by atoms with E-state index < -0.39 is 6.16 Å². The molecule has 0 unspecified atom stereocenters. The molecule has 1 heterocycles. The van der Waals surface area contributed by atoms with Crippen LogP contribution in [0.1, 0.15) is 6.92 Å². The van der Waals surface area contributed by atoms with Crippen LogP contribution in [0.2, 0.25) is 0 Å². The average Bonchev–Trinajstić information content (AvgIpc) is 2.45. The molecule has 0 amide bonds. The number of hydrogen-bond donors (Lipinski definition) is 2. The Morgan fingerprint density at radius 2 is 1.76 bits per heavy atom. The first-order valence-electron chi connectivity index (χ1n) is 6.10. The number of anilines is 2. The van der Waals surface area contributed by atoms with Crippen molar-refractivity contribution in [2.75, 3.05) is 18.1 Å². The van der Waals surface area contributed by atoms with Gasteiger partial charge >= 0.3 is 6.16 Å². The van der Waals surface area contributed by atoms with Gasteiger partial charge in [-0.3, -0.25) is 0 Å². The number of rotatable bonds is 4. The van der Waals surface area contributed by atoms with Gasteiger partial charge in [-0.25, -0.2) is 4.79 Å². The zero-order chi connectivity index (χ0) is 15.2. The van der Waals surface area contributed by atoms with E-state index in [-0.39, 0.29) is 23.4 Å². The molecule has 0 fully saturated rings. The molecule has 2 rings (SSSR count). The van der Waals surface area contributed by atoms with Gasteiger partial charge in [0.2, 0.25) is 11.8 Å². The lowest BCUT2D eigenvalue weighted by atomic mass is 10.3. The zero-order valence-corrected chi connectivity index (χ0v) is 11.3. The second kappa shape index (κ2) is 6.42. The van der Waals surface area contributed by atoms with E-state index in [1.807, 2.05) is 0 Å². The Labute approximate surface area is 120 Å². The first-order chi connectivity index (χ1) is 10.1. The number of aromatic nitrogens is 2. The Kier molecular flexibility index (Phi) is 4.39. The molecule has 110 valence electrons. The summed E-state index contributed by atoms with van der Waals surface area (Å²) in [4.78, 5) is 19.2. The van der Waals surface area contributed by atoms with Crippen molar-refractivity contribution in [1.82, 2.24) is 9.97 Å². The summed E-state index contributed by atoms with van der Waals surface area (Å²) in [5.41, 5.74) is 11.2. The molecule has 0 radical (unpaired) electrons. The molecule has 21 heavy (non-hydrogen) atoms. The SMILES string of the molecule is CCOc1nc(N)nc(OC(=O)Oc2ccccc2)c1N. The fraction of sp³-hybridized carbons (Fsp3) is 0.154. The summed E-state index contributed by atoms with van der Waals surface area (Å²) < 4.78 is 15.0. The Morgan fingerprint density at radius 3 is 2.43 bits per heavy atom. The lowest BCUT2D eigenvalue weighted by Crippen LogP contribution is -2.17. The summed E-state index contributed by atoms with van der Waals surface area (Å²) in [7, 11) is 0. The van der Waals surface area contributed by atoms with Gasteiger partial charge < -0.3 is 25.7 Å². The lowest BCUT2D eigenvalue weighted by molar-refractivity contribution is 0.150. The van der Waals surface area contributed by atoms with Crippen LogP contribution in [0.25, 0.3) is 0 Å². The van der Waals surface area contributed by atoms with Gasteiger partial charge in [-0.1, -0.05) is 18.2 Å². The maximum atomic E-state index is 11.7. The van der Waals surface area contributed by atoms with Crippen LogP contribution >= 0.6 is 0 Å². The maximum absolute atomic E-state index is 11.7. The number of nitrogen functional groups attached to an aromatic ring is 2. The Bertz CT molecular complexity index is 634. The highest BCUT2D eigenvalue weighted by Crippen LogP contribution is 2.29. The summed E-state index contributed by atoms with van der Waals surface area (Å²) in [6, 6.07) is 8.42. The number of ether oxygens (including phenoxy) is 3. The quantitative estimate of drug-likeness (QED) is 0.643. The number of carbonyl (C=O) groups excluding carboxylic acids is 1. The number of benzene rings is 1. The first kappa shape index (κ1) is 14.4. The summed E-state index contributed by atoms with van der Waals surface area (Å²) >= 11 is 0. The lowest BCUT2D eigenvalue weighted by Gasteiger charge is -2.10. The van der Waals surface area contributed by atoms with Crippen molar-refractivity contribution in [2.24, 2.45) is 0 Å². The standard InChI is InChI=1S/C13H14N4O4/c1-2-19-10-9(14)11(17-12(15)16-10)21-13(18)20-8-6-4-3-5-7-8/h3-7H,2,14H2,1H3,(H2,15,16,17). The number of carbonyl (C=O) groups is 1. The topological polar surface area (TPSA) is 123 Å². The summed E-state index contributed by atoms with van der Waals surface area (Å²) in [6.07, 6.45) is -0.992. The molecule has 2 aromatic rings. The molecule has 1 aromatic carbocycles. The maximum Gasteiger partial charge on any atom is 0.520 e. The molecule has 0 bridgehead atoms. The zero-order valence-electron chi connectivity index (χ0n) is 11.3. The van der Waals surface area contributed by atoms with Crippen molar-refractivity contribution in [3.63, 3.8) is 0 Å². The van der Waals surface area contributed by atoms with Crippen LogP contribution in [0.3, 0.4) is 0 Å². The molecule has 8 nitrogen and oxygen atoms in total. The van der Waals surface area contributed by atoms with Crippen LogP contribution < -0.4 is 25.7 Å². The molecular weight excluding hydrogens is 276 g/mol. The van der Waals surface area contributed by atoms with Gasteiger partial charge in [-0.15, -0.1) is 0 Å². The van der Waals surface area contributed by atoms with Crippen LogP contribution in [0, 0.1) is 0 Å². The average molecular weight is 290 g/mol. The number of hydrogen-bond acceptors (Lipinski definition) is 8. The number of para-hydroxylation sites is 1. The van der Waals surface area contributed by atoms with E-state index >= 15 is 0 Å². The van der Waals surface area contributed by atoms with Gasteiger partial charge in [-0.2, -0.15) is 9.97 Å². The third-order valence-corrected chi connectivity index (χ3v) is 2.30. The fourth-order valence-electron chi connectivity index (χ4n) is 1.45. The van der Waals surface area contributed by atoms with Gasteiger partial charge in [0, 0.05) is 0 Å². The molecule has 0 aliphatic carbocycles. The summed E-state index contributed by atoms with van der Waals surface area (Å²) in [5.74, 6) is 0.0303. The minimum atomic E-state index is -0.992. The van der Waals surface area contributed by atoms with Crippen molar-refractivity contribution in [2.45, 2.75) is 6.92 Å². The fourth-order valence-corrected chi connectivity index (χ4v) is 1.45.